The first-order valence-electron chi connectivity index (χ1n) is 10.7. The van der Waals surface area contributed by atoms with Crippen LogP contribution in [-0.4, -0.2) is 38.6 Å². The topological polar surface area (TPSA) is 85.8 Å². The Hall–Kier alpha value is -1.83. The van der Waals surface area contributed by atoms with E-state index < -0.39 is 0 Å². The summed E-state index contributed by atoms with van der Waals surface area (Å²) in [5.74, 6) is 4.15. The Balaban J connectivity index is 1.60. The van der Waals surface area contributed by atoms with Gasteiger partial charge in [0.2, 0.25) is 11.9 Å². The van der Waals surface area contributed by atoms with Gasteiger partial charge in [-0.3, -0.25) is 0 Å². The van der Waals surface area contributed by atoms with Crippen molar-refractivity contribution in [1.29, 1.82) is 0 Å². The summed E-state index contributed by atoms with van der Waals surface area (Å²) in [7, 11) is 3.82. The minimum absolute atomic E-state index is 0.0335. The fourth-order valence-corrected chi connectivity index (χ4v) is 6.36. The monoisotopic (exact) mass is 415 g/mol. The fourth-order valence-electron chi connectivity index (χ4n) is 5.22. The van der Waals surface area contributed by atoms with E-state index >= 15 is 0 Å². The van der Waals surface area contributed by atoms with Gasteiger partial charge in [0, 0.05) is 25.8 Å². The number of thioether (sulfide) groups is 1. The summed E-state index contributed by atoms with van der Waals surface area (Å²) in [4.78, 5) is 20.0. The van der Waals surface area contributed by atoms with Gasteiger partial charge in [0.05, 0.1) is 10.9 Å². The maximum atomic E-state index is 5.93. The van der Waals surface area contributed by atoms with Crippen LogP contribution in [0.1, 0.15) is 68.0 Å². The predicted octanol–water partition coefficient (Wildman–Crippen LogP) is 4.18. The molecule has 8 heteroatoms. The van der Waals surface area contributed by atoms with Crippen LogP contribution in [0, 0.1) is 31.6 Å². The number of nitrogens with two attached hydrogens (primary N) is 1. The molecule has 2 bridgehead atoms. The highest BCUT2D eigenvalue weighted by molar-refractivity contribution is 7.99. The van der Waals surface area contributed by atoms with Gasteiger partial charge in [0.25, 0.3) is 0 Å². The number of hydrogen-bond acceptors (Lipinski definition) is 7. The van der Waals surface area contributed by atoms with Crippen molar-refractivity contribution in [3.05, 3.63) is 17.2 Å². The molecule has 0 aliphatic heterocycles. The number of anilines is 2. The lowest BCUT2D eigenvalue weighted by Crippen LogP contribution is -2.23. The summed E-state index contributed by atoms with van der Waals surface area (Å²) in [6.45, 7) is 8.81. The van der Waals surface area contributed by atoms with Crippen LogP contribution in [-0.2, 0) is 0 Å². The normalized spacial score (nSPS) is 25.4. The molecule has 0 unspecified atom stereocenters. The molecule has 2 saturated carbocycles. The van der Waals surface area contributed by atoms with Crippen LogP contribution >= 0.6 is 11.8 Å². The highest BCUT2D eigenvalue weighted by Gasteiger charge is 2.43. The molecule has 29 heavy (non-hydrogen) atoms. The fraction of sp³-hybridized carbons (Fsp3) is 0.714. The van der Waals surface area contributed by atoms with E-state index in [0.29, 0.717) is 17.8 Å². The Labute approximate surface area is 177 Å². The predicted molar refractivity (Wildman–Crippen MR) is 118 cm³/mol. The van der Waals surface area contributed by atoms with Gasteiger partial charge in [-0.1, -0.05) is 18.2 Å². The number of hydrogen-bond donors (Lipinski definition) is 1. The highest BCUT2D eigenvalue weighted by Crippen LogP contribution is 2.53. The second kappa shape index (κ2) is 7.78. The number of nitrogen functional groups attached to an aromatic ring is 1. The molecular weight excluding hydrogens is 382 g/mol. The summed E-state index contributed by atoms with van der Waals surface area (Å²) in [5, 5.41) is 1.10. The molecule has 0 aromatic carbocycles. The SMILES string of the molecule is Cc1nc(S[C@H](C)c2nc(N)nc(N(C)C)n2)n([C@@H](C)[C@H]2C[C@H]3CC[C@H]2C3)c1C. The van der Waals surface area contributed by atoms with E-state index in [1.165, 1.54) is 31.4 Å². The number of nitrogens with zero attached hydrogens (tertiary/aromatic N) is 6. The average molecular weight is 416 g/mol. The third kappa shape index (κ3) is 3.83. The molecule has 2 aromatic heterocycles. The van der Waals surface area contributed by atoms with E-state index in [1.54, 1.807) is 11.8 Å². The number of rotatable bonds is 6. The van der Waals surface area contributed by atoms with Crippen LogP contribution in [0.2, 0.25) is 0 Å². The molecule has 2 aromatic rings. The molecule has 2 fully saturated rings. The van der Waals surface area contributed by atoms with Crippen LogP contribution in [0.25, 0.3) is 0 Å². The third-order valence-electron chi connectivity index (χ3n) is 6.88. The molecule has 0 amide bonds. The maximum absolute atomic E-state index is 5.93. The van der Waals surface area contributed by atoms with Crippen LogP contribution < -0.4 is 10.6 Å². The van der Waals surface area contributed by atoms with Crippen molar-refractivity contribution in [2.24, 2.45) is 17.8 Å². The quantitative estimate of drug-likeness (QED) is 0.708. The molecule has 0 spiro atoms. The Bertz CT molecular complexity index is 893. The first-order chi connectivity index (χ1) is 13.7. The summed E-state index contributed by atoms with van der Waals surface area (Å²) in [5.41, 5.74) is 8.32. The summed E-state index contributed by atoms with van der Waals surface area (Å²) < 4.78 is 2.47. The molecular formula is C21H33N7S. The molecule has 158 valence electrons. The van der Waals surface area contributed by atoms with E-state index in [-0.39, 0.29) is 11.2 Å². The van der Waals surface area contributed by atoms with Gasteiger partial charge in [-0.2, -0.15) is 15.0 Å². The van der Waals surface area contributed by atoms with Crippen LogP contribution in [0.15, 0.2) is 5.16 Å². The Morgan fingerprint density at radius 3 is 2.45 bits per heavy atom. The number of fused-ring (bicyclic) bond motifs is 2. The largest absolute Gasteiger partial charge is 0.368 e. The number of aryl methyl sites for hydroxylation is 1. The lowest BCUT2D eigenvalue weighted by Gasteiger charge is -2.31. The van der Waals surface area contributed by atoms with Crippen LogP contribution in [0.5, 0.6) is 0 Å². The third-order valence-corrected chi connectivity index (χ3v) is 7.94. The number of aromatic nitrogens is 5. The Kier molecular flexibility index (Phi) is 5.48. The van der Waals surface area contributed by atoms with Crippen molar-refractivity contribution in [2.75, 3.05) is 24.7 Å². The zero-order valence-corrected chi connectivity index (χ0v) is 19.2. The second-order valence-corrected chi connectivity index (χ2v) is 10.3. The summed E-state index contributed by atoms with van der Waals surface area (Å²) in [6, 6.07) is 0.474. The molecule has 0 saturated heterocycles. The lowest BCUT2D eigenvalue weighted by molar-refractivity contribution is 0.232. The molecule has 7 nitrogen and oxygen atoms in total. The van der Waals surface area contributed by atoms with Crippen molar-refractivity contribution in [2.45, 2.75) is 69.8 Å². The van der Waals surface area contributed by atoms with Gasteiger partial charge in [-0.15, -0.1) is 0 Å². The van der Waals surface area contributed by atoms with Gasteiger partial charge in [0.15, 0.2) is 5.16 Å². The van der Waals surface area contributed by atoms with Crippen molar-refractivity contribution < 1.29 is 0 Å². The molecule has 2 N–H and O–H groups in total. The summed E-state index contributed by atoms with van der Waals surface area (Å²) in [6.07, 6.45) is 5.64. The van der Waals surface area contributed by atoms with Gasteiger partial charge < -0.3 is 15.2 Å². The van der Waals surface area contributed by atoms with Crippen molar-refractivity contribution in [1.82, 2.24) is 24.5 Å². The number of imidazole rings is 1. The van der Waals surface area contributed by atoms with Crippen molar-refractivity contribution >= 4 is 23.7 Å². The van der Waals surface area contributed by atoms with E-state index in [1.807, 2.05) is 19.0 Å². The summed E-state index contributed by atoms with van der Waals surface area (Å²) >= 11 is 1.72. The molecule has 2 aliphatic carbocycles. The lowest BCUT2D eigenvalue weighted by atomic mass is 9.84. The zero-order valence-electron chi connectivity index (χ0n) is 18.4. The second-order valence-electron chi connectivity index (χ2n) is 9.02. The van der Waals surface area contributed by atoms with E-state index in [4.69, 9.17) is 10.7 Å². The average Bonchev–Trinajstić information content (AvgIpc) is 3.36. The first kappa shape index (κ1) is 20.4. The zero-order chi connectivity index (χ0) is 20.9. The molecule has 0 radical (unpaired) electrons. The smallest absolute Gasteiger partial charge is 0.229 e. The van der Waals surface area contributed by atoms with Gasteiger partial charge in [0.1, 0.15) is 5.82 Å². The minimum atomic E-state index is 0.0335. The maximum Gasteiger partial charge on any atom is 0.229 e. The molecule has 4 rings (SSSR count). The van der Waals surface area contributed by atoms with Gasteiger partial charge in [-0.25, -0.2) is 4.98 Å². The molecule has 2 aliphatic rings. The Morgan fingerprint density at radius 1 is 1.07 bits per heavy atom. The standard InChI is InChI=1S/C21H33N7S/c1-11-12(2)28(13(3)17-10-15-7-8-16(17)9-15)21(23-11)29-14(4)18-24-19(22)26-20(25-18)27(5)6/h13-17H,7-10H2,1-6H3,(H2,22,24,25,26)/t13-,14+,15-,16-,17+/m0/s1. The van der Waals surface area contributed by atoms with Crippen molar-refractivity contribution in [3.63, 3.8) is 0 Å². The Morgan fingerprint density at radius 2 is 1.83 bits per heavy atom. The highest BCUT2D eigenvalue weighted by atomic mass is 32.2. The minimum Gasteiger partial charge on any atom is -0.368 e. The van der Waals surface area contributed by atoms with E-state index in [0.717, 1.165) is 28.6 Å². The van der Waals surface area contributed by atoms with Crippen LogP contribution in [0.4, 0.5) is 11.9 Å². The molecule has 2 heterocycles. The first-order valence-corrected chi connectivity index (χ1v) is 11.5. The van der Waals surface area contributed by atoms with Gasteiger partial charge in [-0.05, 0) is 64.7 Å². The van der Waals surface area contributed by atoms with Crippen LogP contribution in [0.3, 0.4) is 0 Å². The van der Waals surface area contributed by atoms with E-state index in [2.05, 4.69) is 47.2 Å². The van der Waals surface area contributed by atoms with Crippen molar-refractivity contribution in [3.8, 4) is 0 Å². The molecule has 5 atom stereocenters. The van der Waals surface area contributed by atoms with E-state index in [9.17, 15) is 0 Å². The van der Waals surface area contributed by atoms with Gasteiger partial charge >= 0.3 is 0 Å².